The average Bonchev–Trinajstić information content (AvgIpc) is 2.88. The number of allylic oxidation sites excluding steroid dienone is 1. The third kappa shape index (κ3) is 4.55. The molecular formula is C27H23F5N6O2. The lowest BCUT2D eigenvalue weighted by atomic mass is 10.1. The van der Waals surface area contributed by atoms with Crippen LogP contribution in [0.2, 0.25) is 0 Å². The van der Waals surface area contributed by atoms with E-state index in [-0.39, 0.29) is 34.1 Å². The molecule has 0 bridgehead atoms. The van der Waals surface area contributed by atoms with E-state index < -0.39 is 51.8 Å². The minimum atomic E-state index is -4.89. The topological polar surface area (TPSA) is 96.2 Å². The largest absolute Gasteiger partial charge is 0.507 e. The third-order valence-corrected chi connectivity index (χ3v) is 6.78. The van der Waals surface area contributed by atoms with Gasteiger partial charge in [-0.05, 0) is 43.7 Å². The van der Waals surface area contributed by atoms with Crippen LogP contribution in [0.25, 0.3) is 33.6 Å². The van der Waals surface area contributed by atoms with Gasteiger partial charge in [0.05, 0.1) is 27.9 Å². The molecule has 3 aromatic heterocycles. The number of hydrogen-bond acceptors (Lipinski definition) is 7. The van der Waals surface area contributed by atoms with Crippen LogP contribution in [0, 0.1) is 18.6 Å². The molecule has 8 nitrogen and oxygen atoms in total. The summed E-state index contributed by atoms with van der Waals surface area (Å²) in [4.78, 5) is 27.7. The highest BCUT2D eigenvalue weighted by atomic mass is 19.4. The van der Waals surface area contributed by atoms with Crippen molar-refractivity contribution in [2.24, 2.45) is 0 Å². The fourth-order valence-electron chi connectivity index (χ4n) is 4.79. The van der Waals surface area contributed by atoms with Crippen molar-refractivity contribution < 1.29 is 27.1 Å². The number of pyridine rings is 2. The second-order valence-corrected chi connectivity index (χ2v) is 9.43. The van der Waals surface area contributed by atoms with Gasteiger partial charge in [-0.25, -0.2) is 23.1 Å². The summed E-state index contributed by atoms with van der Waals surface area (Å²) >= 11 is 0. The Morgan fingerprint density at radius 2 is 1.93 bits per heavy atom. The van der Waals surface area contributed by atoms with Crippen molar-refractivity contribution >= 4 is 22.4 Å². The normalized spacial score (nSPS) is 16.0. The number of alkyl halides is 3. The van der Waals surface area contributed by atoms with Crippen LogP contribution in [-0.2, 0) is 0 Å². The van der Waals surface area contributed by atoms with Crippen molar-refractivity contribution in [3.05, 3.63) is 76.5 Å². The van der Waals surface area contributed by atoms with Crippen LogP contribution in [-0.4, -0.2) is 56.5 Å². The first kappa shape index (κ1) is 27.2. The monoisotopic (exact) mass is 558 g/mol. The number of halogens is 5. The lowest BCUT2D eigenvalue weighted by Gasteiger charge is -2.35. The number of aromatic hydroxyl groups is 1. The van der Waals surface area contributed by atoms with Crippen LogP contribution in [0.5, 0.6) is 5.75 Å². The highest BCUT2D eigenvalue weighted by Crippen LogP contribution is 2.38. The Morgan fingerprint density at radius 1 is 1.18 bits per heavy atom. The van der Waals surface area contributed by atoms with Gasteiger partial charge in [-0.1, -0.05) is 12.6 Å². The second kappa shape index (κ2) is 9.97. The molecule has 13 heteroatoms. The van der Waals surface area contributed by atoms with Crippen molar-refractivity contribution in [1.82, 2.24) is 24.8 Å². The first-order chi connectivity index (χ1) is 18.9. The van der Waals surface area contributed by atoms with Gasteiger partial charge in [-0.15, -0.1) is 0 Å². The maximum absolute atomic E-state index is 15.6. The maximum Gasteiger partial charge on any atom is 0.417 e. The molecule has 1 aliphatic rings. The van der Waals surface area contributed by atoms with E-state index in [1.54, 1.807) is 4.90 Å². The smallest absolute Gasteiger partial charge is 0.417 e. The quantitative estimate of drug-likeness (QED) is 0.356. The van der Waals surface area contributed by atoms with E-state index in [1.807, 2.05) is 6.92 Å². The molecule has 0 saturated carbocycles. The number of benzene rings is 1. The fraction of sp³-hybridized carbons (Fsp3) is 0.259. The lowest BCUT2D eigenvalue weighted by Crippen LogP contribution is -2.50. The maximum atomic E-state index is 15.6. The Balaban J connectivity index is 1.93. The minimum Gasteiger partial charge on any atom is -0.507 e. The summed E-state index contributed by atoms with van der Waals surface area (Å²) in [7, 11) is 0. The van der Waals surface area contributed by atoms with Crippen LogP contribution in [0.3, 0.4) is 0 Å². The SMILES string of the molecule is C=C(c1nccc(C)c1-n1c(=O)nc(N2CCNC[C@@H]2C)c2cc(F)c(-c3c(O)cccc3F)nc21)C(F)(F)F. The molecule has 0 amide bonds. The molecule has 2 N–H and O–H groups in total. The van der Waals surface area contributed by atoms with Gasteiger partial charge < -0.3 is 15.3 Å². The number of fused-ring (bicyclic) bond motifs is 1. The Kier molecular flexibility index (Phi) is 6.78. The summed E-state index contributed by atoms with van der Waals surface area (Å²) in [6, 6.07) is 5.53. The van der Waals surface area contributed by atoms with Gasteiger partial charge in [0, 0.05) is 31.9 Å². The zero-order chi connectivity index (χ0) is 28.9. The summed E-state index contributed by atoms with van der Waals surface area (Å²) in [6.07, 6.45) is -3.75. The van der Waals surface area contributed by atoms with Gasteiger partial charge in [-0.3, -0.25) is 4.98 Å². The number of anilines is 1. The van der Waals surface area contributed by atoms with Crippen molar-refractivity contribution in [1.29, 1.82) is 0 Å². The van der Waals surface area contributed by atoms with Crippen LogP contribution < -0.4 is 15.9 Å². The summed E-state index contributed by atoms with van der Waals surface area (Å²) < 4.78 is 72.5. The van der Waals surface area contributed by atoms with Crippen LogP contribution in [0.1, 0.15) is 18.2 Å². The van der Waals surface area contributed by atoms with Crippen LogP contribution in [0.15, 0.2) is 47.9 Å². The van der Waals surface area contributed by atoms with E-state index in [0.29, 0.717) is 19.6 Å². The molecule has 4 aromatic rings. The summed E-state index contributed by atoms with van der Waals surface area (Å²) in [5.74, 6) is -2.58. The lowest BCUT2D eigenvalue weighted by molar-refractivity contribution is -0.0689. The fourth-order valence-corrected chi connectivity index (χ4v) is 4.79. The van der Waals surface area contributed by atoms with E-state index >= 15 is 4.39 Å². The molecular weight excluding hydrogens is 535 g/mol. The van der Waals surface area contributed by atoms with Gasteiger partial charge in [0.15, 0.2) is 11.5 Å². The Hall–Kier alpha value is -4.39. The number of aryl methyl sites for hydroxylation is 1. The van der Waals surface area contributed by atoms with Crippen molar-refractivity contribution in [2.75, 3.05) is 24.5 Å². The number of rotatable bonds is 4. The molecule has 0 unspecified atom stereocenters. The van der Waals surface area contributed by atoms with E-state index in [2.05, 4.69) is 26.8 Å². The molecule has 208 valence electrons. The highest BCUT2D eigenvalue weighted by Gasteiger charge is 2.37. The van der Waals surface area contributed by atoms with Gasteiger partial charge in [-0.2, -0.15) is 18.2 Å². The van der Waals surface area contributed by atoms with Gasteiger partial charge in [0.2, 0.25) is 0 Å². The standard InChI is InChI=1S/C27H23F5N6O2/c1-13-7-8-34-21(15(3)27(30,31)32)23(13)38-25-16(24(36-26(38)40)37-10-9-33-12-14(37)2)11-18(29)22(35-25)20-17(28)5-4-6-19(20)39/h4-8,11,14,33,39H,3,9-10,12H2,1-2H3/t14-/m0/s1. The molecule has 0 aliphatic carbocycles. The molecule has 1 saturated heterocycles. The Labute approximate surface area is 224 Å². The van der Waals surface area contributed by atoms with Gasteiger partial charge >= 0.3 is 11.9 Å². The van der Waals surface area contributed by atoms with E-state index in [1.165, 1.54) is 19.1 Å². The Morgan fingerprint density at radius 3 is 2.60 bits per heavy atom. The minimum absolute atomic E-state index is 0.00254. The summed E-state index contributed by atoms with van der Waals surface area (Å²) in [5.41, 5.74) is -4.60. The van der Waals surface area contributed by atoms with E-state index in [9.17, 15) is 27.5 Å². The first-order valence-electron chi connectivity index (χ1n) is 12.2. The molecule has 0 radical (unpaired) electrons. The van der Waals surface area contributed by atoms with Gasteiger partial charge in [0.25, 0.3) is 0 Å². The van der Waals surface area contributed by atoms with Crippen LogP contribution >= 0.6 is 0 Å². The molecule has 0 spiro atoms. The second-order valence-electron chi connectivity index (χ2n) is 9.43. The van der Waals surface area contributed by atoms with Gasteiger partial charge in [0.1, 0.15) is 23.1 Å². The highest BCUT2D eigenvalue weighted by molar-refractivity contribution is 5.91. The number of piperazine rings is 1. The molecule has 1 aromatic carbocycles. The first-order valence-corrected chi connectivity index (χ1v) is 12.2. The number of phenolic OH excluding ortho intramolecular Hbond substituents is 1. The third-order valence-electron chi connectivity index (χ3n) is 6.78. The Bertz CT molecular complexity index is 1700. The zero-order valence-electron chi connectivity index (χ0n) is 21.4. The predicted molar refractivity (Wildman–Crippen MR) is 139 cm³/mol. The zero-order valence-corrected chi connectivity index (χ0v) is 21.4. The molecule has 4 heterocycles. The molecule has 1 aliphatic heterocycles. The number of nitrogens with one attached hydrogen (secondary N) is 1. The van der Waals surface area contributed by atoms with Crippen LogP contribution in [0.4, 0.5) is 27.8 Å². The number of nitrogens with zero attached hydrogens (tertiary/aromatic N) is 5. The summed E-state index contributed by atoms with van der Waals surface area (Å²) in [6.45, 7) is 7.91. The molecule has 5 rings (SSSR count). The van der Waals surface area contributed by atoms with Crippen molar-refractivity contribution in [2.45, 2.75) is 26.1 Å². The number of hydrogen-bond donors (Lipinski definition) is 2. The number of aromatic nitrogens is 4. The summed E-state index contributed by atoms with van der Waals surface area (Å²) in [5, 5.41) is 13.5. The van der Waals surface area contributed by atoms with E-state index in [4.69, 9.17) is 0 Å². The molecule has 1 fully saturated rings. The van der Waals surface area contributed by atoms with Crippen molar-refractivity contribution in [3.8, 4) is 22.7 Å². The molecule has 40 heavy (non-hydrogen) atoms. The predicted octanol–water partition coefficient (Wildman–Crippen LogP) is 4.51. The van der Waals surface area contributed by atoms with Crippen molar-refractivity contribution in [3.63, 3.8) is 0 Å². The average molecular weight is 559 g/mol. The van der Waals surface area contributed by atoms with E-state index in [0.717, 1.165) is 29.0 Å². The molecule has 1 atom stereocenters. The number of phenols is 1.